The molecular formula is C11H18N2S. The molecule has 1 aromatic heterocycles. The quantitative estimate of drug-likeness (QED) is 0.815. The van der Waals surface area contributed by atoms with E-state index < -0.39 is 0 Å². The van der Waals surface area contributed by atoms with Gasteiger partial charge in [-0.05, 0) is 25.7 Å². The van der Waals surface area contributed by atoms with Crippen LogP contribution in [0, 0.1) is 6.92 Å². The Morgan fingerprint density at radius 2 is 2.07 bits per heavy atom. The molecule has 2 nitrogen and oxygen atoms in total. The summed E-state index contributed by atoms with van der Waals surface area (Å²) in [4.78, 5) is 6.00. The third kappa shape index (κ3) is 1.98. The summed E-state index contributed by atoms with van der Waals surface area (Å²) in [5, 5.41) is 1.10. The van der Waals surface area contributed by atoms with Crippen LogP contribution < -0.4 is 5.73 Å². The third-order valence-corrected chi connectivity index (χ3v) is 4.37. The molecule has 0 aliphatic heterocycles. The number of nitrogens with two attached hydrogens (primary N) is 1. The van der Waals surface area contributed by atoms with Crippen LogP contribution in [0.15, 0.2) is 0 Å². The molecule has 1 heterocycles. The highest BCUT2D eigenvalue weighted by molar-refractivity contribution is 7.11. The monoisotopic (exact) mass is 210 g/mol. The lowest BCUT2D eigenvalue weighted by Gasteiger charge is -2.20. The molecule has 2 rings (SSSR count). The summed E-state index contributed by atoms with van der Waals surface area (Å²) >= 11 is 1.83. The molecule has 0 amide bonds. The van der Waals surface area contributed by atoms with Gasteiger partial charge in [-0.3, -0.25) is 0 Å². The lowest BCUT2D eigenvalue weighted by Crippen LogP contribution is -2.03. The van der Waals surface area contributed by atoms with E-state index in [1.165, 1.54) is 42.7 Å². The van der Waals surface area contributed by atoms with Gasteiger partial charge in [-0.15, -0.1) is 11.3 Å². The Balaban J connectivity index is 2.17. The molecule has 0 saturated heterocycles. The van der Waals surface area contributed by atoms with Crippen molar-refractivity contribution in [2.45, 2.75) is 51.5 Å². The van der Waals surface area contributed by atoms with Crippen molar-refractivity contribution in [1.29, 1.82) is 0 Å². The largest absolute Gasteiger partial charge is 0.325 e. The number of nitrogens with zero attached hydrogens (tertiary/aromatic N) is 1. The first-order chi connectivity index (χ1) is 6.81. The van der Waals surface area contributed by atoms with Crippen molar-refractivity contribution in [3.63, 3.8) is 0 Å². The van der Waals surface area contributed by atoms with Gasteiger partial charge in [0.2, 0.25) is 0 Å². The van der Waals surface area contributed by atoms with E-state index in [0.29, 0.717) is 6.54 Å². The molecule has 1 saturated carbocycles. The van der Waals surface area contributed by atoms with Crippen LogP contribution in [0.5, 0.6) is 0 Å². The van der Waals surface area contributed by atoms with Gasteiger partial charge in [0, 0.05) is 11.4 Å². The maximum Gasteiger partial charge on any atom is 0.107 e. The number of aryl methyl sites for hydroxylation is 1. The number of aromatic nitrogens is 1. The fraction of sp³-hybridized carbons (Fsp3) is 0.727. The van der Waals surface area contributed by atoms with Gasteiger partial charge in [0.1, 0.15) is 5.01 Å². The van der Waals surface area contributed by atoms with Crippen molar-refractivity contribution in [3.05, 3.63) is 15.6 Å². The molecule has 0 spiro atoms. The molecule has 1 aliphatic rings. The second-order valence-electron chi connectivity index (χ2n) is 4.10. The molecule has 1 aliphatic carbocycles. The van der Waals surface area contributed by atoms with Gasteiger partial charge >= 0.3 is 0 Å². The minimum absolute atomic E-state index is 0.595. The Morgan fingerprint density at radius 3 is 2.64 bits per heavy atom. The molecule has 0 aromatic carbocycles. The number of hydrogen-bond donors (Lipinski definition) is 1. The van der Waals surface area contributed by atoms with E-state index in [-0.39, 0.29) is 0 Å². The zero-order valence-corrected chi connectivity index (χ0v) is 9.57. The van der Waals surface area contributed by atoms with Crippen molar-refractivity contribution in [1.82, 2.24) is 4.98 Å². The van der Waals surface area contributed by atoms with Crippen molar-refractivity contribution >= 4 is 11.3 Å². The zero-order chi connectivity index (χ0) is 9.97. The van der Waals surface area contributed by atoms with Crippen LogP contribution in [0.2, 0.25) is 0 Å². The van der Waals surface area contributed by atoms with Gasteiger partial charge in [-0.25, -0.2) is 4.98 Å². The van der Waals surface area contributed by atoms with E-state index in [4.69, 9.17) is 5.73 Å². The number of rotatable bonds is 2. The molecule has 14 heavy (non-hydrogen) atoms. The molecule has 1 fully saturated rings. The van der Waals surface area contributed by atoms with Crippen LogP contribution in [-0.4, -0.2) is 4.98 Å². The number of thiazole rings is 1. The third-order valence-electron chi connectivity index (χ3n) is 3.03. The van der Waals surface area contributed by atoms with Crippen LogP contribution in [0.1, 0.15) is 53.6 Å². The van der Waals surface area contributed by atoms with E-state index in [0.717, 1.165) is 10.9 Å². The van der Waals surface area contributed by atoms with Gasteiger partial charge in [-0.2, -0.15) is 0 Å². The summed E-state index contributed by atoms with van der Waals surface area (Å²) in [5.74, 6) is 0.779. The summed E-state index contributed by atoms with van der Waals surface area (Å²) in [7, 11) is 0. The predicted octanol–water partition coefficient (Wildman–Crippen LogP) is 2.96. The molecule has 0 bridgehead atoms. The standard InChI is InChI=1S/C11H18N2S/c1-8-11(14-10(7-12)13-8)9-5-3-2-4-6-9/h9H,2-7,12H2,1H3. The lowest BCUT2D eigenvalue weighted by molar-refractivity contribution is 0.446. The fourth-order valence-electron chi connectivity index (χ4n) is 2.30. The average molecular weight is 210 g/mol. The predicted molar refractivity (Wildman–Crippen MR) is 60.6 cm³/mol. The highest BCUT2D eigenvalue weighted by Crippen LogP contribution is 2.37. The Morgan fingerprint density at radius 1 is 1.36 bits per heavy atom. The van der Waals surface area contributed by atoms with E-state index in [1.54, 1.807) is 0 Å². The molecule has 2 N–H and O–H groups in total. The summed E-state index contributed by atoms with van der Waals surface area (Å²) in [6.07, 6.45) is 6.90. The normalized spacial score (nSPS) is 18.7. The fourth-order valence-corrected chi connectivity index (χ4v) is 3.41. The van der Waals surface area contributed by atoms with Crippen molar-refractivity contribution < 1.29 is 0 Å². The second-order valence-corrected chi connectivity index (χ2v) is 5.21. The Bertz CT molecular complexity index is 300. The molecular weight excluding hydrogens is 192 g/mol. The van der Waals surface area contributed by atoms with E-state index >= 15 is 0 Å². The maximum atomic E-state index is 5.61. The minimum Gasteiger partial charge on any atom is -0.325 e. The van der Waals surface area contributed by atoms with Crippen LogP contribution in [-0.2, 0) is 6.54 Å². The smallest absolute Gasteiger partial charge is 0.107 e. The first kappa shape index (κ1) is 10.1. The van der Waals surface area contributed by atoms with Crippen LogP contribution in [0.3, 0.4) is 0 Å². The van der Waals surface area contributed by atoms with Crippen LogP contribution in [0.25, 0.3) is 0 Å². The first-order valence-corrected chi connectivity index (χ1v) is 6.29. The van der Waals surface area contributed by atoms with Crippen molar-refractivity contribution in [3.8, 4) is 0 Å². The Labute approximate surface area is 89.5 Å². The summed E-state index contributed by atoms with van der Waals surface area (Å²) < 4.78 is 0. The topological polar surface area (TPSA) is 38.9 Å². The summed E-state index contributed by atoms with van der Waals surface area (Å²) in [6, 6.07) is 0. The Hall–Kier alpha value is -0.410. The molecule has 0 radical (unpaired) electrons. The molecule has 3 heteroatoms. The van der Waals surface area contributed by atoms with Crippen molar-refractivity contribution in [2.75, 3.05) is 0 Å². The average Bonchev–Trinajstić information content (AvgIpc) is 2.61. The molecule has 0 atom stereocenters. The lowest BCUT2D eigenvalue weighted by atomic mass is 9.88. The van der Waals surface area contributed by atoms with Gasteiger partial charge in [0.25, 0.3) is 0 Å². The summed E-state index contributed by atoms with van der Waals surface area (Å²) in [6.45, 7) is 2.72. The minimum atomic E-state index is 0.595. The highest BCUT2D eigenvalue weighted by atomic mass is 32.1. The van der Waals surface area contributed by atoms with E-state index in [1.807, 2.05) is 11.3 Å². The van der Waals surface area contributed by atoms with Crippen LogP contribution >= 0.6 is 11.3 Å². The maximum absolute atomic E-state index is 5.61. The zero-order valence-electron chi connectivity index (χ0n) is 8.75. The molecule has 1 aromatic rings. The van der Waals surface area contributed by atoms with E-state index in [2.05, 4.69) is 11.9 Å². The van der Waals surface area contributed by atoms with Gasteiger partial charge < -0.3 is 5.73 Å². The second kappa shape index (κ2) is 4.41. The van der Waals surface area contributed by atoms with Gasteiger partial charge in [0.05, 0.1) is 5.69 Å². The van der Waals surface area contributed by atoms with Gasteiger partial charge in [0.15, 0.2) is 0 Å². The van der Waals surface area contributed by atoms with Crippen molar-refractivity contribution in [2.24, 2.45) is 5.73 Å². The first-order valence-electron chi connectivity index (χ1n) is 5.47. The highest BCUT2D eigenvalue weighted by Gasteiger charge is 2.20. The van der Waals surface area contributed by atoms with Crippen LogP contribution in [0.4, 0.5) is 0 Å². The van der Waals surface area contributed by atoms with Gasteiger partial charge in [-0.1, -0.05) is 19.3 Å². The summed E-state index contributed by atoms with van der Waals surface area (Å²) in [5.41, 5.74) is 6.83. The Kier molecular flexibility index (Phi) is 3.19. The number of hydrogen-bond acceptors (Lipinski definition) is 3. The molecule has 0 unspecified atom stereocenters. The van der Waals surface area contributed by atoms with E-state index in [9.17, 15) is 0 Å². The molecule has 78 valence electrons. The SMILES string of the molecule is Cc1nc(CN)sc1C1CCCCC1.